The lowest BCUT2D eigenvalue weighted by molar-refractivity contribution is -0.175. The summed E-state index contributed by atoms with van der Waals surface area (Å²) in [5.41, 5.74) is -0.323. The van der Waals surface area contributed by atoms with Crippen molar-refractivity contribution in [2.24, 2.45) is 52.8 Å². The van der Waals surface area contributed by atoms with Gasteiger partial charge in [0.1, 0.15) is 4.33 Å². The number of hydrogen-bond acceptors (Lipinski definition) is 2. The second-order valence-corrected chi connectivity index (χ2v) is 15.3. The Morgan fingerprint density at radius 1 is 0.812 bits per heavy atom. The maximum Gasteiger partial charge on any atom is 0.137 e. The molecule has 0 spiro atoms. The van der Waals surface area contributed by atoms with Crippen LogP contribution in [0, 0.1) is 52.8 Å². The minimum absolute atomic E-state index is 0.125. The van der Waals surface area contributed by atoms with Crippen LogP contribution < -0.4 is 0 Å². The molecule has 2 saturated heterocycles. The third kappa shape index (κ3) is 3.11. The number of halogens is 3. The molecule has 182 valence electrons. The van der Waals surface area contributed by atoms with Crippen LogP contribution in [0.15, 0.2) is 0 Å². The molecule has 0 aromatic heterocycles. The van der Waals surface area contributed by atoms with Crippen molar-refractivity contribution < 1.29 is 5.11 Å². The van der Waals surface area contributed by atoms with Gasteiger partial charge in [-0.25, -0.2) is 0 Å². The SMILES string of the molecule is C[C@H]1CC[C@@H]2N(C1)C[C@@H]1[C@@H]3C[C@H]4[C@H](CC[C@H]5C(Cl)(Cl)[C@@H](Cl)CC[C@]45C)[C@@H]3CC[C@@H]1[C@]2(C)O. The first-order chi connectivity index (χ1) is 15.0. The Morgan fingerprint density at radius 3 is 2.34 bits per heavy atom. The Balaban J connectivity index is 1.30. The van der Waals surface area contributed by atoms with E-state index in [4.69, 9.17) is 34.8 Å². The zero-order chi connectivity index (χ0) is 22.6. The van der Waals surface area contributed by atoms with Crippen molar-refractivity contribution >= 4 is 34.8 Å². The summed E-state index contributed by atoms with van der Waals surface area (Å²) in [7, 11) is 0. The molecular weight excluding hydrogens is 461 g/mol. The van der Waals surface area contributed by atoms with Crippen LogP contribution in [-0.4, -0.2) is 44.4 Å². The van der Waals surface area contributed by atoms with Gasteiger partial charge in [0, 0.05) is 19.1 Å². The molecule has 2 aliphatic heterocycles. The van der Waals surface area contributed by atoms with E-state index in [0.717, 1.165) is 42.4 Å². The molecule has 2 nitrogen and oxygen atoms in total. The van der Waals surface area contributed by atoms with E-state index in [-0.39, 0.29) is 10.8 Å². The lowest BCUT2D eigenvalue weighted by atomic mass is 9.52. The first-order valence-corrected chi connectivity index (χ1v) is 14.7. The van der Waals surface area contributed by atoms with Gasteiger partial charge in [0.25, 0.3) is 0 Å². The standard InChI is InChI=1S/C27H42Cl3NO/c1-15-4-9-24-26(3,32)20-7-5-16-17-6-8-22-25(2,11-10-23(28)27(22,29)30)21(17)12-18(16)19(20)14-31(24)13-15/h15-24,32H,4-14H2,1-3H3/t15-,16-,17+,18+,19+,20-,21-,22+,23-,24-,25+,26-/m0/s1. The van der Waals surface area contributed by atoms with Gasteiger partial charge in [0.2, 0.25) is 0 Å². The summed E-state index contributed by atoms with van der Waals surface area (Å²) in [6.07, 6.45) is 10.8. The summed E-state index contributed by atoms with van der Waals surface area (Å²) >= 11 is 20.6. The highest BCUT2D eigenvalue weighted by atomic mass is 35.5. The molecule has 2 heterocycles. The molecule has 0 radical (unpaired) electrons. The smallest absolute Gasteiger partial charge is 0.137 e. The molecule has 1 N–H and O–H groups in total. The van der Waals surface area contributed by atoms with Crippen molar-refractivity contribution in [3.05, 3.63) is 0 Å². The number of nitrogens with zero attached hydrogens (tertiary/aromatic N) is 1. The molecule has 4 aliphatic carbocycles. The van der Waals surface area contributed by atoms with Crippen LogP contribution in [0.2, 0.25) is 0 Å². The van der Waals surface area contributed by atoms with E-state index in [1.165, 1.54) is 58.0 Å². The molecule has 6 aliphatic rings. The third-order valence-electron chi connectivity index (χ3n) is 12.1. The highest BCUT2D eigenvalue weighted by Crippen LogP contribution is 2.70. The largest absolute Gasteiger partial charge is 0.388 e. The van der Waals surface area contributed by atoms with E-state index in [2.05, 4.69) is 25.7 Å². The Labute approximate surface area is 210 Å². The molecule has 5 heteroatoms. The fourth-order valence-electron chi connectivity index (χ4n) is 10.6. The Morgan fingerprint density at radius 2 is 1.56 bits per heavy atom. The van der Waals surface area contributed by atoms with Crippen molar-refractivity contribution in [2.45, 2.75) is 99.9 Å². The summed E-state index contributed by atoms with van der Waals surface area (Å²) in [4.78, 5) is 2.70. The van der Waals surface area contributed by atoms with Crippen molar-refractivity contribution in [1.82, 2.24) is 4.90 Å². The number of piperidine rings is 2. The van der Waals surface area contributed by atoms with Gasteiger partial charge in [-0.3, -0.25) is 4.90 Å². The van der Waals surface area contributed by atoms with Crippen molar-refractivity contribution in [2.75, 3.05) is 13.1 Å². The van der Waals surface area contributed by atoms with Crippen LogP contribution in [0.5, 0.6) is 0 Å². The van der Waals surface area contributed by atoms with Crippen LogP contribution in [0.3, 0.4) is 0 Å². The van der Waals surface area contributed by atoms with Crippen LogP contribution in [0.25, 0.3) is 0 Å². The van der Waals surface area contributed by atoms with Gasteiger partial charge in [0.05, 0.1) is 11.0 Å². The molecule has 0 unspecified atom stereocenters. The molecule has 32 heavy (non-hydrogen) atoms. The first-order valence-electron chi connectivity index (χ1n) is 13.5. The van der Waals surface area contributed by atoms with Gasteiger partial charge < -0.3 is 5.11 Å². The molecule has 4 saturated carbocycles. The molecule has 0 aromatic rings. The average molecular weight is 503 g/mol. The molecule has 12 atom stereocenters. The zero-order valence-electron chi connectivity index (χ0n) is 20.1. The molecule has 0 aromatic carbocycles. The van der Waals surface area contributed by atoms with E-state index in [1.54, 1.807) is 0 Å². The number of hydrogen-bond donors (Lipinski definition) is 1. The Bertz CT molecular complexity index is 757. The number of fused-ring (bicyclic) bond motifs is 8. The monoisotopic (exact) mass is 501 g/mol. The van der Waals surface area contributed by atoms with Gasteiger partial charge >= 0.3 is 0 Å². The molecular formula is C27H42Cl3NO. The zero-order valence-corrected chi connectivity index (χ0v) is 22.3. The molecule has 0 bridgehead atoms. The summed E-state index contributed by atoms with van der Waals surface area (Å²) in [5.74, 6) is 5.34. The summed E-state index contributed by atoms with van der Waals surface area (Å²) < 4.78 is -0.790. The van der Waals surface area contributed by atoms with Gasteiger partial charge in [-0.05, 0) is 117 Å². The van der Waals surface area contributed by atoms with Crippen LogP contribution in [-0.2, 0) is 0 Å². The van der Waals surface area contributed by atoms with Gasteiger partial charge in [-0.1, -0.05) is 37.0 Å². The van der Waals surface area contributed by atoms with E-state index < -0.39 is 9.93 Å². The minimum Gasteiger partial charge on any atom is -0.388 e. The molecule has 0 amide bonds. The maximum atomic E-state index is 11.9. The van der Waals surface area contributed by atoms with E-state index in [0.29, 0.717) is 23.8 Å². The highest BCUT2D eigenvalue weighted by molar-refractivity contribution is 6.52. The Kier molecular flexibility index (Phi) is 5.54. The highest BCUT2D eigenvalue weighted by Gasteiger charge is 2.66. The lowest BCUT2D eigenvalue weighted by Gasteiger charge is -2.60. The predicted octanol–water partition coefficient (Wildman–Crippen LogP) is 6.74. The predicted molar refractivity (Wildman–Crippen MR) is 133 cm³/mol. The number of alkyl halides is 3. The topological polar surface area (TPSA) is 23.5 Å². The van der Waals surface area contributed by atoms with E-state index in [1.807, 2.05) is 0 Å². The van der Waals surface area contributed by atoms with E-state index in [9.17, 15) is 5.11 Å². The normalized spacial score (nSPS) is 59.3. The second-order valence-electron chi connectivity index (χ2n) is 13.4. The minimum atomic E-state index is -0.790. The Hall–Kier alpha value is 0.790. The second kappa shape index (κ2) is 7.64. The van der Waals surface area contributed by atoms with Crippen LogP contribution >= 0.6 is 34.8 Å². The number of aliphatic hydroxyl groups is 1. The lowest BCUT2D eigenvalue weighted by Crippen LogP contribution is -2.67. The van der Waals surface area contributed by atoms with Crippen molar-refractivity contribution in [3.8, 4) is 0 Å². The molecule has 6 rings (SSSR count). The fraction of sp³-hybridized carbons (Fsp3) is 1.00. The fourth-order valence-corrected chi connectivity index (χ4v) is 11.8. The van der Waals surface area contributed by atoms with Crippen molar-refractivity contribution in [3.63, 3.8) is 0 Å². The summed E-state index contributed by atoms with van der Waals surface area (Å²) in [5, 5.41) is 11.7. The van der Waals surface area contributed by atoms with Gasteiger partial charge in [-0.2, -0.15) is 0 Å². The summed E-state index contributed by atoms with van der Waals surface area (Å²) in [6, 6.07) is 0.370. The number of rotatable bonds is 0. The maximum absolute atomic E-state index is 11.9. The average Bonchev–Trinajstić information content (AvgIpc) is 3.11. The van der Waals surface area contributed by atoms with Crippen LogP contribution in [0.4, 0.5) is 0 Å². The molecule has 6 fully saturated rings. The first kappa shape index (κ1) is 23.2. The third-order valence-corrected chi connectivity index (χ3v) is 13.9. The van der Waals surface area contributed by atoms with Crippen LogP contribution in [0.1, 0.15) is 78.6 Å². The van der Waals surface area contributed by atoms with E-state index >= 15 is 0 Å². The quantitative estimate of drug-likeness (QED) is 0.371. The van der Waals surface area contributed by atoms with Crippen molar-refractivity contribution in [1.29, 1.82) is 0 Å². The summed E-state index contributed by atoms with van der Waals surface area (Å²) in [6.45, 7) is 9.48. The van der Waals surface area contributed by atoms with Gasteiger partial charge in [0.15, 0.2) is 0 Å². The van der Waals surface area contributed by atoms with Gasteiger partial charge in [-0.15, -0.1) is 11.6 Å².